The molecule has 0 atom stereocenters. The van der Waals surface area contributed by atoms with Gasteiger partial charge in [0.15, 0.2) is 5.82 Å². The fraction of sp³-hybridized carbons (Fsp3) is 0.278. The van der Waals surface area contributed by atoms with Crippen molar-refractivity contribution in [2.24, 2.45) is 0 Å². The third kappa shape index (κ3) is 3.20. The Labute approximate surface area is 154 Å². The average Bonchev–Trinajstić information content (AvgIpc) is 3.33. The number of nitrogens with two attached hydrogens (primary N) is 1. The van der Waals surface area contributed by atoms with E-state index >= 15 is 0 Å². The van der Waals surface area contributed by atoms with Gasteiger partial charge in [-0.3, -0.25) is 4.79 Å². The number of carbonyl (C=O) groups is 1. The maximum Gasteiger partial charge on any atom is 0.234 e. The van der Waals surface area contributed by atoms with Crippen molar-refractivity contribution in [3.8, 4) is 11.4 Å². The summed E-state index contributed by atoms with van der Waals surface area (Å²) in [6.45, 7) is 1.83. The molecular weight excluding hydrogens is 350 g/mol. The Morgan fingerprint density at radius 3 is 2.96 bits per heavy atom. The van der Waals surface area contributed by atoms with Crippen LogP contribution in [0.1, 0.15) is 23.3 Å². The van der Waals surface area contributed by atoms with Gasteiger partial charge in [-0.25, -0.2) is 4.68 Å². The monoisotopic (exact) mass is 369 g/mol. The van der Waals surface area contributed by atoms with E-state index in [0.717, 1.165) is 29.9 Å². The molecule has 26 heavy (non-hydrogen) atoms. The van der Waals surface area contributed by atoms with Crippen LogP contribution in [0.4, 0.5) is 5.69 Å². The highest BCUT2D eigenvalue weighted by atomic mass is 32.2. The number of carbonyl (C=O) groups excluding carboxylic acids is 1. The van der Waals surface area contributed by atoms with E-state index in [9.17, 15) is 4.79 Å². The number of benzene rings is 1. The molecule has 0 radical (unpaired) electrons. The lowest BCUT2D eigenvalue weighted by Crippen LogP contribution is -2.16. The number of furan rings is 1. The summed E-state index contributed by atoms with van der Waals surface area (Å²) in [4.78, 5) is 12.2. The van der Waals surface area contributed by atoms with Gasteiger partial charge in [0.25, 0.3) is 0 Å². The summed E-state index contributed by atoms with van der Waals surface area (Å²) in [5.74, 6) is 7.40. The molecule has 0 saturated heterocycles. The van der Waals surface area contributed by atoms with E-state index in [2.05, 4.69) is 27.6 Å². The number of anilines is 1. The number of hydrogen-bond acceptors (Lipinski definition) is 6. The van der Waals surface area contributed by atoms with Crippen LogP contribution in [0.3, 0.4) is 0 Å². The van der Waals surface area contributed by atoms with Gasteiger partial charge in [-0.15, -0.1) is 10.2 Å². The molecular formula is C18H19N5O2S. The molecule has 0 spiro atoms. The maximum absolute atomic E-state index is 12.2. The van der Waals surface area contributed by atoms with Gasteiger partial charge in [0, 0.05) is 5.69 Å². The molecule has 134 valence electrons. The second-order valence-electron chi connectivity index (χ2n) is 6.24. The van der Waals surface area contributed by atoms with Crippen LogP contribution in [0.2, 0.25) is 0 Å². The fourth-order valence-electron chi connectivity index (χ4n) is 3.15. The molecule has 0 aliphatic heterocycles. The molecule has 2 aromatic heterocycles. The van der Waals surface area contributed by atoms with Crippen molar-refractivity contribution in [3.05, 3.63) is 47.4 Å². The van der Waals surface area contributed by atoms with Crippen LogP contribution >= 0.6 is 11.8 Å². The van der Waals surface area contributed by atoms with Crippen molar-refractivity contribution < 1.29 is 9.21 Å². The lowest BCUT2D eigenvalue weighted by atomic mass is 10.1. The van der Waals surface area contributed by atoms with Crippen LogP contribution < -0.4 is 11.2 Å². The number of nitrogen functional groups attached to an aromatic ring is 1. The Hall–Kier alpha value is -2.74. The van der Waals surface area contributed by atoms with Gasteiger partial charge >= 0.3 is 0 Å². The third-order valence-corrected chi connectivity index (χ3v) is 5.42. The first kappa shape index (κ1) is 16.7. The Kier molecular flexibility index (Phi) is 4.42. The quantitative estimate of drug-likeness (QED) is 0.530. The molecule has 3 aromatic rings. The van der Waals surface area contributed by atoms with Crippen LogP contribution in [0.25, 0.3) is 11.4 Å². The van der Waals surface area contributed by atoms with Crippen LogP contribution in [0, 0.1) is 6.92 Å². The predicted octanol–water partition coefficient (Wildman–Crippen LogP) is 2.78. The number of hydrogen-bond donors (Lipinski definition) is 2. The van der Waals surface area contributed by atoms with E-state index in [0.29, 0.717) is 11.0 Å². The predicted molar refractivity (Wildman–Crippen MR) is 100 cm³/mol. The van der Waals surface area contributed by atoms with Crippen LogP contribution in [-0.2, 0) is 17.6 Å². The van der Waals surface area contributed by atoms with Crippen molar-refractivity contribution in [2.75, 3.05) is 16.9 Å². The molecule has 0 unspecified atom stereocenters. The Balaban J connectivity index is 1.39. The van der Waals surface area contributed by atoms with Gasteiger partial charge in [0.1, 0.15) is 5.76 Å². The molecule has 0 fully saturated rings. The molecule has 4 rings (SSSR count). The van der Waals surface area contributed by atoms with Crippen molar-refractivity contribution in [1.82, 2.24) is 14.9 Å². The normalized spacial score (nSPS) is 13.0. The second kappa shape index (κ2) is 6.87. The first-order valence-corrected chi connectivity index (χ1v) is 9.40. The fourth-order valence-corrected chi connectivity index (χ4v) is 3.81. The number of aromatic nitrogens is 3. The summed E-state index contributed by atoms with van der Waals surface area (Å²) in [6.07, 6.45) is 4.98. The van der Waals surface area contributed by atoms with E-state index in [-0.39, 0.29) is 11.7 Å². The molecule has 8 heteroatoms. The van der Waals surface area contributed by atoms with E-state index in [4.69, 9.17) is 10.3 Å². The number of thioether (sulfide) groups is 1. The Morgan fingerprint density at radius 1 is 1.31 bits per heavy atom. The zero-order valence-electron chi connectivity index (χ0n) is 14.4. The highest BCUT2D eigenvalue weighted by Gasteiger charge is 2.17. The van der Waals surface area contributed by atoms with Crippen molar-refractivity contribution in [2.45, 2.75) is 31.3 Å². The summed E-state index contributed by atoms with van der Waals surface area (Å²) in [5.41, 5.74) is 4.34. The number of nitrogens with one attached hydrogen (secondary N) is 1. The number of amides is 1. The van der Waals surface area contributed by atoms with Gasteiger partial charge in [0.2, 0.25) is 11.1 Å². The zero-order valence-corrected chi connectivity index (χ0v) is 15.2. The first-order chi connectivity index (χ1) is 12.6. The van der Waals surface area contributed by atoms with Crippen LogP contribution in [-0.4, -0.2) is 26.5 Å². The SMILES string of the molecule is Cc1occc1-c1nnc(SCC(=O)Nc2ccc3c(c2)CCC3)n1N. The smallest absolute Gasteiger partial charge is 0.234 e. The number of aryl methyl sites for hydroxylation is 3. The third-order valence-electron chi connectivity index (χ3n) is 4.48. The van der Waals surface area contributed by atoms with Crippen molar-refractivity contribution >= 4 is 23.4 Å². The summed E-state index contributed by atoms with van der Waals surface area (Å²) in [7, 11) is 0. The van der Waals surface area contributed by atoms with Crippen molar-refractivity contribution in [1.29, 1.82) is 0 Å². The standard InChI is InChI=1S/C18H19N5O2S/c1-11-15(7-8-25-11)17-21-22-18(23(17)19)26-10-16(24)20-14-6-5-12-3-2-4-13(12)9-14/h5-9H,2-4,10,19H2,1H3,(H,20,24). The first-order valence-electron chi connectivity index (χ1n) is 8.41. The molecule has 1 aromatic carbocycles. The zero-order chi connectivity index (χ0) is 18.1. The van der Waals surface area contributed by atoms with Gasteiger partial charge < -0.3 is 15.6 Å². The second-order valence-corrected chi connectivity index (χ2v) is 7.18. The molecule has 1 aliphatic carbocycles. The van der Waals surface area contributed by atoms with E-state index in [1.807, 2.05) is 13.0 Å². The molecule has 0 bridgehead atoms. The highest BCUT2D eigenvalue weighted by Crippen LogP contribution is 2.26. The van der Waals surface area contributed by atoms with Crippen LogP contribution in [0.5, 0.6) is 0 Å². The van der Waals surface area contributed by atoms with Gasteiger partial charge in [-0.2, -0.15) is 0 Å². The lowest BCUT2D eigenvalue weighted by molar-refractivity contribution is -0.113. The van der Waals surface area contributed by atoms with Crippen LogP contribution in [0.15, 0.2) is 40.1 Å². The largest absolute Gasteiger partial charge is 0.469 e. The Morgan fingerprint density at radius 2 is 2.15 bits per heavy atom. The topological polar surface area (TPSA) is 99.0 Å². The van der Waals surface area contributed by atoms with E-state index in [1.165, 1.54) is 34.0 Å². The molecule has 0 saturated carbocycles. The average molecular weight is 369 g/mol. The van der Waals surface area contributed by atoms with Gasteiger partial charge in [-0.05, 0) is 55.5 Å². The summed E-state index contributed by atoms with van der Waals surface area (Å²) in [5, 5.41) is 11.6. The number of fused-ring (bicyclic) bond motifs is 1. The summed E-state index contributed by atoms with van der Waals surface area (Å²) >= 11 is 1.25. The minimum absolute atomic E-state index is 0.100. The van der Waals surface area contributed by atoms with E-state index in [1.54, 1.807) is 12.3 Å². The lowest BCUT2D eigenvalue weighted by Gasteiger charge is -2.07. The minimum Gasteiger partial charge on any atom is -0.469 e. The molecule has 1 aliphatic rings. The van der Waals surface area contributed by atoms with E-state index < -0.39 is 0 Å². The maximum atomic E-state index is 12.2. The summed E-state index contributed by atoms with van der Waals surface area (Å²) in [6, 6.07) is 7.91. The van der Waals surface area contributed by atoms with Crippen molar-refractivity contribution in [3.63, 3.8) is 0 Å². The number of nitrogens with zero attached hydrogens (tertiary/aromatic N) is 3. The van der Waals surface area contributed by atoms with Gasteiger partial charge in [-0.1, -0.05) is 17.8 Å². The number of rotatable bonds is 5. The van der Waals surface area contributed by atoms with Gasteiger partial charge in [0.05, 0.1) is 17.6 Å². The molecule has 2 heterocycles. The molecule has 7 nitrogen and oxygen atoms in total. The highest BCUT2D eigenvalue weighted by molar-refractivity contribution is 7.99. The minimum atomic E-state index is -0.100. The molecule has 3 N–H and O–H groups in total. The summed E-state index contributed by atoms with van der Waals surface area (Å²) < 4.78 is 6.65. The molecule has 1 amide bonds. The Bertz CT molecular complexity index is 962.